The smallest absolute Gasteiger partial charge is 0.258 e. The minimum absolute atomic E-state index is 0.162. The molecule has 0 bridgehead atoms. The zero-order valence-corrected chi connectivity index (χ0v) is 13.9. The van der Waals surface area contributed by atoms with Crippen LogP contribution in [-0.4, -0.2) is 48.5 Å². The Labute approximate surface area is 149 Å². The van der Waals surface area contributed by atoms with Crippen molar-refractivity contribution in [1.29, 1.82) is 0 Å². The maximum absolute atomic E-state index is 12.4. The Morgan fingerprint density at radius 3 is 3.00 bits per heavy atom. The van der Waals surface area contributed by atoms with Crippen LogP contribution in [0.3, 0.4) is 0 Å². The molecule has 9 heteroatoms. The molecule has 1 aliphatic rings. The molecule has 0 unspecified atom stereocenters. The summed E-state index contributed by atoms with van der Waals surface area (Å²) in [4.78, 5) is 16.7. The molecule has 3 aromatic rings. The first-order chi connectivity index (χ1) is 12.7. The molecule has 2 N–H and O–H groups in total. The van der Waals surface area contributed by atoms with Crippen LogP contribution in [0.5, 0.6) is 5.88 Å². The van der Waals surface area contributed by atoms with E-state index in [0.717, 1.165) is 5.69 Å². The van der Waals surface area contributed by atoms with Crippen LogP contribution in [0.4, 0.5) is 0 Å². The van der Waals surface area contributed by atoms with Gasteiger partial charge in [0.25, 0.3) is 5.91 Å². The number of aliphatic hydroxyl groups excluding tert-OH is 1. The molecule has 1 amide bonds. The largest absolute Gasteiger partial charge is 0.467 e. The van der Waals surface area contributed by atoms with Crippen molar-refractivity contribution in [3.63, 3.8) is 0 Å². The van der Waals surface area contributed by atoms with E-state index >= 15 is 0 Å². The van der Waals surface area contributed by atoms with Gasteiger partial charge in [0, 0.05) is 12.3 Å². The molecule has 4 rings (SSSR count). The third kappa shape index (κ3) is 3.47. The van der Waals surface area contributed by atoms with Gasteiger partial charge < -0.3 is 15.2 Å². The van der Waals surface area contributed by atoms with Crippen LogP contribution in [0.15, 0.2) is 42.9 Å². The number of nitrogens with zero attached hydrogens (tertiary/aromatic N) is 5. The first kappa shape index (κ1) is 16.4. The lowest BCUT2D eigenvalue weighted by Gasteiger charge is -2.37. The van der Waals surface area contributed by atoms with Gasteiger partial charge in [0.15, 0.2) is 12.3 Å². The Balaban J connectivity index is 1.39. The van der Waals surface area contributed by atoms with Crippen LogP contribution in [0.2, 0.25) is 0 Å². The number of carbonyl (C=O) groups excluding carboxylic acids is 1. The molecule has 3 heterocycles. The molecule has 3 aromatic heterocycles. The number of pyridine rings is 1. The lowest BCUT2D eigenvalue weighted by Crippen LogP contribution is -2.43. The van der Waals surface area contributed by atoms with E-state index in [1.165, 1.54) is 10.8 Å². The number of hydrogen-bond acceptors (Lipinski definition) is 7. The van der Waals surface area contributed by atoms with Crippen molar-refractivity contribution in [2.24, 2.45) is 5.92 Å². The SMILES string of the molecule is O=C(COc1ccc2nncn2n1)N[C@@H](c1ccccn1)C1CC(O)C1. The van der Waals surface area contributed by atoms with Crippen LogP contribution >= 0.6 is 0 Å². The number of hydrogen-bond donors (Lipinski definition) is 2. The third-order valence-corrected chi connectivity index (χ3v) is 4.43. The highest BCUT2D eigenvalue weighted by Gasteiger charge is 2.36. The number of aliphatic hydroxyl groups is 1. The molecule has 1 atom stereocenters. The second-order valence-electron chi connectivity index (χ2n) is 6.28. The van der Waals surface area contributed by atoms with Gasteiger partial charge in [-0.05, 0) is 37.0 Å². The molecule has 0 saturated heterocycles. The molecule has 134 valence electrons. The highest BCUT2D eigenvalue weighted by atomic mass is 16.5. The van der Waals surface area contributed by atoms with E-state index in [0.29, 0.717) is 24.4 Å². The molecule has 26 heavy (non-hydrogen) atoms. The van der Waals surface area contributed by atoms with Gasteiger partial charge in [0.05, 0.1) is 17.8 Å². The Morgan fingerprint density at radius 2 is 2.23 bits per heavy atom. The number of rotatable bonds is 6. The average molecular weight is 354 g/mol. The van der Waals surface area contributed by atoms with Gasteiger partial charge in [-0.2, -0.15) is 4.52 Å². The number of ether oxygens (including phenoxy) is 1. The monoisotopic (exact) mass is 354 g/mol. The summed E-state index contributed by atoms with van der Waals surface area (Å²) >= 11 is 0. The molecule has 1 saturated carbocycles. The number of carbonyl (C=O) groups is 1. The van der Waals surface area contributed by atoms with Crippen molar-refractivity contribution in [2.45, 2.75) is 25.0 Å². The van der Waals surface area contributed by atoms with E-state index in [4.69, 9.17) is 4.74 Å². The predicted molar refractivity (Wildman–Crippen MR) is 90.1 cm³/mol. The fourth-order valence-corrected chi connectivity index (χ4v) is 3.04. The molecule has 0 radical (unpaired) electrons. The fraction of sp³-hybridized carbons (Fsp3) is 0.353. The summed E-state index contributed by atoms with van der Waals surface area (Å²) in [7, 11) is 0. The second-order valence-corrected chi connectivity index (χ2v) is 6.28. The van der Waals surface area contributed by atoms with Crippen molar-refractivity contribution in [1.82, 2.24) is 30.1 Å². The lowest BCUT2D eigenvalue weighted by molar-refractivity contribution is -0.125. The molecule has 0 spiro atoms. The fourth-order valence-electron chi connectivity index (χ4n) is 3.04. The van der Waals surface area contributed by atoms with Crippen molar-refractivity contribution < 1.29 is 14.6 Å². The van der Waals surface area contributed by atoms with E-state index in [1.807, 2.05) is 18.2 Å². The summed E-state index contributed by atoms with van der Waals surface area (Å²) in [5, 5.41) is 24.3. The number of aromatic nitrogens is 5. The standard InChI is InChI=1S/C17H18N6O3/c24-12-7-11(8-12)17(13-3-1-2-6-18-13)20-15(25)9-26-16-5-4-14-21-19-10-23(14)22-16/h1-6,10-12,17,24H,7-9H2,(H,20,25)/t11?,12?,17-/m1/s1. The van der Waals surface area contributed by atoms with Gasteiger partial charge in [0.1, 0.15) is 6.33 Å². The molecule has 9 nitrogen and oxygen atoms in total. The van der Waals surface area contributed by atoms with Gasteiger partial charge in [-0.3, -0.25) is 9.78 Å². The Hall–Kier alpha value is -3.07. The number of nitrogens with one attached hydrogen (secondary N) is 1. The summed E-state index contributed by atoms with van der Waals surface area (Å²) < 4.78 is 6.94. The van der Waals surface area contributed by atoms with Crippen LogP contribution in [-0.2, 0) is 4.79 Å². The van der Waals surface area contributed by atoms with E-state index in [-0.39, 0.29) is 30.6 Å². The van der Waals surface area contributed by atoms with Crippen molar-refractivity contribution in [2.75, 3.05) is 6.61 Å². The molecule has 1 aliphatic carbocycles. The van der Waals surface area contributed by atoms with Crippen molar-refractivity contribution >= 4 is 11.6 Å². The maximum atomic E-state index is 12.4. The highest BCUT2D eigenvalue weighted by molar-refractivity contribution is 5.78. The molecule has 0 aliphatic heterocycles. The summed E-state index contributed by atoms with van der Waals surface area (Å²) in [5.74, 6) is 0.198. The Bertz CT molecular complexity index is 894. The topological polar surface area (TPSA) is 115 Å². The predicted octanol–water partition coefficient (Wildman–Crippen LogP) is 0.526. The lowest BCUT2D eigenvalue weighted by atomic mass is 9.76. The van der Waals surface area contributed by atoms with Gasteiger partial charge >= 0.3 is 0 Å². The molecular weight excluding hydrogens is 336 g/mol. The maximum Gasteiger partial charge on any atom is 0.258 e. The van der Waals surface area contributed by atoms with E-state index in [9.17, 15) is 9.90 Å². The van der Waals surface area contributed by atoms with Crippen LogP contribution in [0, 0.1) is 5.92 Å². The second kappa shape index (κ2) is 7.04. The number of fused-ring (bicyclic) bond motifs is 1. The summed E-state index contributed by atoms with van der Waals surface area (Å²) in [6.07, 6.45) is 4.14. The zero-order valence-electron chi connectivity index (χ0n) is 13.9. The quantitative estimate of drug-likeness (QED) is 0.663. The van der Waals surface area contributed by atoms with Gasteiger partial charge in [-0.1, -0.05) is 6.07 Å². The van der Waals surface area contributed by atoms with Crippen molar-refractivity contribution in [3.05, 3.63) is 48.5 Å². The minimum atomic E-state index is -0.306. The molecular formula is C17H18N6O3. The van der Waals surface area contributed by atoms with Crippen LogP contribution in [0.1, 0.15) is 24.6 Å². The average Bonchev–Trinajstić information content (AvgIpc) is 3.10. The van der Waals surface area contributed by atoms with Gasteiger partial charge in [-0.25, -0.2) is 0 Å². The van der Waals surface area contributed by atoms with E-state index < -0.39 is 0 Å². The summed E-state index contributed by atoms with van der Waals surface area (Å²) in [5.41, 5.74) is 1.38. The highest BCUT2D eigenvalue weighted by Crippen LogP contribution is 2.37. The Morgan fingerprint density at radius 1 is 1.35 bits per heavy atom. The van der Waals surface area contributed by atoms with Gasteiger partial charge in [-0.15, -0.1) is 15.3 Å². The molecule has 1 fully saturated rings. The van der Waals surface area contributed by atoms with Gasteiger partial charge in [0.2, 0.25) is 5.88 Å². The minimum Gasteiger partial charge on any atom is -0.467 e. The van der Waals surface area contributed by atoms with E-state index in [2.05, 4.69) is 25.6 Å². The van der Waals surface area contributed by atoms with Crippen molar-refractivity contribution in [3.8, 4) is 5.88 Å². The Kier molecular flexibility index (Phi) is 4.44. The third-order valence-electron chi connectivity index (χ3n) is 4.43. The molecule has 0 aromatic carbocycles. The summed E-state index contributed by atoms with van der Waals surface area (Å²) in [6, 6.07) is 8.68. The first-order valence-electron chi connectivity index (χ1n) is 8.37. The van der Waals surface area contributed by atoms with Crippen LogP contribution < -0.4 is 10.1 Å². The van der Waals surface area contributed by atoms with Crippen LogP contribution in [0.25, 0.3) is 5.65 Å². The zero-order chi connectivity index (χ0) is 17.9. The number of amides is 1. The first-order valence-corrected chi connectivity index (χ1v) is 8.37. The normalized spacial score (nSPS) is 20.3. The van der Waals surface area contributed by atoms with E-state index in [1.54, 1.807) is 18.3 Å². The summed E-state index contributed by atoms with van der Waals surface area (Å²) in [6.45, 7) is -0.167.